The maximum absolute atomic E-state index is 11.8. The number of halogens is 1. The van der Waals surface area contributed by atoms with Gasteiger partial charge in [0.25, 0.3) is 0 Å². The second-order valence-electron chi connectivity index (χ2n) is 4.38. The third-order valence-corrected chi connectivity index (χ3v) is 4.06. The topological polar surface area (TPSA) is 54.5 Å². The van der Waals surface area contributed by atoms with Crippen molar-refractivity contribution in [2.24, 2.45) is 0 Å². The lowest BCUT2D eigenvalue weighted by Gasteiger charge is -2.27. The smallest absolute Gasteiger partial charge is 0.245 e. The van der Waals surface area contributed by atoms with E-state index in [2.05, 4.69) is 0 Å². The number of rotatable bonds is 4. The van der Waals surface area contributed by atoms with E-state index < -0.39 is 21.3 Å². The number of carbonyl (C=O) groups excluding carboxylic acids is 1. The van der Waals surface area contributed by atoms with Gasteiger partial charge < -0.3 is 0 Å². The molecule has 0 aliphatic rings. The van der Waals surface area contributed by atoms with Crippen molar-refractivity contribution in [3.05, 3.63) is 29.3 Å². The molecule has 0 fully saturated rings. The number of benzene rings is 1. The van der Waals surface area contributed by atoms with Gasteiger partial charge in [0, 0.05) is 0 Å². The Kier molecular flexibility index (Phi) is 4.40. The zero-order valence-corrected chi connectivity index (χ0v) is 12.3. The molecule has 100 valence electrons. The highest BCUT2D eigenvalue weighted by molar-refractivity contribution is 7.92. The molecular weight excluding hydrogens is 274 g/mol. The highest BCUT2D eigenvalue weighted by Crippen LogP contribution is 2.24. The van der Waals surface area contributed by atoms with E-state index in [0.717, 1.165) is 21.7 Å². The Morgan fingerprint density at radius 3 is 2.00 bits per heavy atom. The summed E-state index contributed by atoms with van der Waals surface area (Å²) in [5.74, 6) is 0. The largest absolute Gasteiger partial charge is 0.279 e. The first kappa shape index (κ1) is 15.0. The Hall–Kier alpha value is -1.07. The van der Waals surface area contributed by atoms with Crippen molar-refractivity contribution in [1.82, 2.24) is 0 Å². The zero-order chi connectivity index (χ0) is 14.1. The van der Waals surface area contributed by atoms with Gasteiger partial charge in [0.1, 0.15) is 6.04 Å². The van der Waals surface area contributed by atoms with Crippen LogP contribution in [0.3, 0.4) is 0 Å². The number of hydrogen-bond donors (Lipinski definition) is 0. The van der Waals surface area contributed by atoms with Gasteiger partial charge in [-0.2, -0.15) is 0 Å². The van der Waals surface area contributed by atoms with Crippen LogP contribution in [0.1, 0.15) is 18.1 Å². The van der Waals surface area contributed by atoms with Crippen LogP contribution in [0, 0.1) is 13.8 Å². The Morgan fingerprint density at radius 1 is 1.22 bits per heavy atom. The molecule has 1 unspecified atom stereocenters. The molecular formula is C12H16ClNO3S. The van der Waals surface area contributed by atoms with Crippen molar-refractivity contribution in [1.29, 1.82) is 0 Å². The molecule has 18 heavy (non-hydrogen) atoms. The highest BCUT2D eigenvalue weighted by Gasteiger charge is 2.28. The Balaban J connectivity index is 3.40. The van der Waals surface area contributed by atoms with Gasteiger partial charge in [0.2, 0.25) is 15.3 Å². The summed E-state index contributed by atoms with van der Waals surface area (Å²) in [5, 5.41) is -0.709. The van der Waals surface area contributed by atoms with E-state index in [1.54, 1.807) is 12.1 Å². The average molecular weight is 290 g/mol. The van der Waals surface area contributed by atoms with E-state index >= 15 is 0 Å². The van der Waals surface area contributed by atoms with Crippen LogP contribution in [0.2, 0.25) is 0 Å². The van der Waals surface area contributed by atoms with Crippen molar-refractivity contribution in [2.45, 2.75) is 26.8 Å². The van der Waals surface area contributed by atoms with Gasteiger partial charge in [0.05, 0.1) is 11.9 Å². The summed E-state index contributed by atoms with van der Waals surface area (Å²) >= 11 is 5.41. The Morgan fingerprint density at radius 2 is 1.67 bits per heavy atom. The SMILES string of the molecule is Cc1cc(C)cc(N(C(C)C(=O)Cl)S(C)(=O)=O)c1. The van der Waals surface area contributed by atoms with Crippen molar-refractivity contribution in [3.63, 3.8) is 0 Å². The van der Waals surface area contributed by atoms with Gasteiger partial charge in [0.15, 0.2) is 0 Å². The molecule has 4 nitrogen and oxygen atoms in total. The maximum atomic E-state index is 11.8. The number of hydrogen-bond acceptors (Lipinski definition) is 3. The lowest BCUT2D eigenvalue weighted by atomic mass is 10.1. The molecule has 0 aromatic heterocycles. The lowest BCUT2D eigenvalue weighted by molar-refractivity contribution is -0.112. The minimum atomic E-state index is -3.57. The van der Waals surface area contributed by atoms with Crippen LogP contribution < -0.4 is 4.31 Å². The first-order valence-electron chi connectivity index (χ1n) is 5.40. The molecule has 1 aromatic rings. The van der Waals surface area contributed by atoms with Crippen LogP contribution in [0.25, 0.3) is 0 Å². The monoisotopic (exact) mass is 289 g/mol. The van der Waals surface area contributed by atoms with E-state index in [-0.39, 0.29) is 0 Å². The molecule has 0 radical (unpaired) electrons. The minimum Gasteiger partial charge on any atom is -0.279 e. The van der Waals surface area contributed by atoms with Crippen LogP contribution in [-0.2, 0) is 14.8 Å². The second-order valence-corrected chi connectivity index (χ2v) is 6.62. The molecule has 0 spiro atoms. The van der Waals surface area contributed by atoms with Gasteiger partial charge in [-0.1, -0.05) is 6.07 Å². The third-order valence-electron chi connectivity index (χ3n) is 2.50. The van der Waals surface area contributed by atoms with Crippen LogP contribution in [0.5, 0.6) is 0 Å². The number of aryl methyl sites for hydroxylation is 2. The third kappa shape index (κ3) is 3.46. The molecule has 1 atom stereocenters. The quantitative estimate of drug-likeness (QED) is 0.799. The molecule has 0 N–H and O–H groups in total. The summed E-state index contributed by atoms with van der Waals surface area (Å²) < 4.78 is 24.7. The molecule has 1 aromatic carbocycles. The standard InChI is InChI=1S/C12H16ClNO3S/c1-8-5-9(2)7-11(6-8)14(18(4,16)17)10(3)12(13)15/h5-7,10H,1-4H3. The van der Waals surface area contributed by atoms with E-state index in [1.165, 1.54) is 6.92 Å². The summed E-state index contributed by atoms with van der Waals surface area (Å²) in [6.45, 7) is 5.20. The van der Waals surface area contributed by atoms with Crippen LogP contribution >= 0.6 is 11.6 Å². The lowest BCUT2D eigenvalue weighted by Crippen LogP contribution is -2.41. The van der Waals surface area contributed by atoms with Crippen LogP contribution in [0.4, 0.5) is 5.69 Å². The summed E-state index contributed by atoms with van der Waals surface area (Å²) in [4.78, 5) is 11.2. The molecule has 0 aliphatic carbocycles. The summed E-state index contributed by atoms with van der Waals surface area (Å²) in [7, 11) is -3.57. The summed E-state index contributed by atoms with van der Waals surface area (Å²) in [5.41, 5.74) is 2.30. The fraction of sp³-hybridized carbons (Fsp3) is 0.417. The van der Waals surface area contributed by atoms with Crippen molar-refractivity contribution >= 4 is 32.6 Å². The normalized spacial score (nSPS) is 13.2. The van der Waals surface area contributed by atoms with Crippen molar-refractivity contribution in [3.8, 4) is 0 Å². The van der Waals surface area contributed by atoms with Crippen molar-refractivity contribution in [2.75, 3.05) is 10.6 Å². The number of nitrogens with zero attached hydrogens (tertiary/aromatic N) is 1. The molecule has 0 bridgehead atoms. The maximum Gasteiger partial charge on any atom is 0.245 e. The predicted molar refractivity (Wildman–Crippen MR) is 73.6 cm³/mol. The van der Waals surface area contributed by atoms with Gasteiger partial charge in [-0.05, 0) is 55.6 Å². The number of carbonyl (C=O) groups is 1. The van der Waals surface area contributed by atoms with Gasteiger partial charge in [-0.25, -0.2) is 8.42 Å². The predicted octanol–water partition coefficient (Wildman–Crippen LogP) is 2.22. The molecule has 0 amide bonds. The molecule has 0 saturated carbocycles. The molecule has 0 saturated heterocycles. The molecule has 0 aliphatic heterocycles. The van der Waals surface area contributed by atoms with E-state index in [1.807, 2.05) is 19.9 Å². The van der Waals surface area contributed by atoms with Crippen molar-refractivity contribution < 1.29 is 13.2 Å². The van der Waals surface area contributed by atoms with E-state index in [0.29, 0.717) is 5.69 Å². The first-order valence-corrected chi connectivity index (χ1v) is 7.62. The van der Waals surface area contributed by atoms with Crippen LogP contribution in [-0.4, -0.2) is 26.0 Å². The average Bonchev–Trinajstić information content (AvgIpc) is 2.13. The number of sulfonamides is 1. The fourth-order valence-electron chi connectivity index (χ4n) is 1.87. The summed E-state index contributed by atoms with van der Waals surface area (Å²) in [6.07, 6.45) is 1.06. The fourth-order valence-corrected chi connectivity index (χ4v) is 3.19. The number of anilines is 1. The highest BCUT2D eigenvalue weighted by atomic mass is 35.5. The van der Waals surface area contributed by atoms with E-state index in [9.17, 15) is 13.2 Å². The van der Waals surface area contributed by atoms with Crippen LogP contribution in [0.15, 0.2) is 18.2 Å². The van der Waals surface area contributed by atoms with Gasteiger partial charge in [-0.3, -0.25) is 9.10 Å². The Labute approximate surface area is 113 Å². The zero-order valence-electron chi connectivity index (χ0n) is 10.8. The van der Waals surface area contributed by atoms with E-state index in [4.69, 9.17) is 11.6 Å². The molecule has 6 heteroatoms. The van der Waals surface area contributed by atoms with Gasteiger partial charge >= 0.3 is 0 Å². The Bertz CT molecular complexity index is 548. The molecule has 0 heterocycles. The molecule has 1 rings (SSSR count). The van der Waals surface area contributed by atoms with Gasteiger partial charge in [-0.15, -0.1) is 0 Å². The minimum absolute atomic E-state index is 0.455. The second kappa shape index (κ2) is 5.28. The summed E-state index contributed by atoms with van der Waals surface area (Å²) in [6, 6.07) is 4.43. The first-order chi connectivity index (χ1) is 8.12.